The molecule has 0 aliphatic carbocycles. The summed E-state index contributed by atoms with van der Waals surface area (Å²) >= 11 is 0. The zero-order valence-electron chi connectivity index (χ0n) is 7.42. The molecule has 0 saturated carbocycles. The number of rotatable bonds is 3. The van der Waals surface area contributed by atoms with Crippen molar-refractivity contribution in [3.8, 4) is 0 Å². The standard InChI is InChI=1S/C10H13NO/c1-8-3-4-9(5-6-12)10(7-8)11-2/h3-4,6-7,11H,5H2,1-2H3. The molecule has 0 spiro atoms. The normalized spacial score (nSPS) is 9.50. The van der Waals surface area contributed by atoms with E-state index in [0.717, 1.165) is 17.5 Å². The highest BCUT2D eigenvalue weighted by Gasteiger charge is 1.99. The van der Waals surface area contributed by atoms with Crippen molar-refractivity contribution < 1.29 is 4.79 Å². The van der Waals surface area contributed by atoms with Crippen molar-refractivity contribution in [3.63, 3.8) is 0 Å². The third-order valence-electron chi connectivity index (χ3n) is 1.84. The first kappa shape index (κ1) is 8.78. The number of hydrogen-bond acceptors (Lipinski definition) is 2. The van der Waals surface area contributed by atoms with Crippen LogP contribution in [0.1, 0.15) is 11.1 Å². The summed E-state index contributed by atoms with van der Waals surface area (Å²) in [6.45, 7) is 2.03. The summed E-state index contributed by atoms with van der Waals surface area (Å²) in [6.07, 6.45) is 1.40. The largest absolute Gasteiger partial charge is 0.388 e. The quantitative estimate of drug-likeness (QED) is 0.688. The molecule has 0 saturated heterocycles. The van der Waals surface area contributed by atoms with Crippen molar-refractivity contribution in [1.29, 1.82) is 0 Å². The lowest BCUT2D eigenvalue weighted by Crippen LogP contribution is -1.96. The van der Waals surface area contributed by atoms with E-state index < -0.39 is 0 Å². The second kappa shape index (κ2) is 3.90. The van der Waals surface area contributed by atoms with E-state index in [1.807, 2.05) is 32.2 Å². The Kier molecular flexibility index (Phi) is 2.86. The van der Waals surface area contributed by atoms with Crippen molar-refractivity contribution in [2.45, 2.75) is 13.3 Å². The molecule has 0 aromatic heterocycles. The summed E-state index contributed by atoms with van der Waals surface area (Å²) in [5.74, 6) is 0. The minimum atomic E-state index is 0.483. The first-order chi connectivity index (χ1) is 5.77. The summed E-state index contributed by atoms with van der Waals surface area (Å²) in [5, 5.41) is 3.06. The zero-order chi connectivity index (χ0) is 8.97. The summed E-state index contributed by atoms with van der Waals surface area (Å²) < 4.78 is 0. The van der Waals surface area contributed by atoms with Crippen LogP contribution in [0.25, 0.3) is 0 Å². The minimum Gasteiger partial charge on any atom is -0.388 e. The van der Waals surface area contributed by atoms with Gasteiger partial charge in [-0.05, 0) is 24.1 Å². The van der Waals surface area contributed by atoms with Gasteiger partial charge in [0, 0.05) is 19.2 Å². The molecule has 0 atom stereocenters. The fraction of sp³-hybridized carbons (Fsp3) is 0.300. The van der Waals surface area contributed by atoms with Crippen molar-refractivity contribution in [3.05, 3.63) is 29.3 Å². The van der Waals surface area contributed by atoms with Gasteiger partial charge in [0.2, 0.25) is 0 Å². The topological polar surface area (TPSA) is 29.1 Å². The summed E-state index contributed by atoms with van der Waals surface area (Å²) in [4.78, 5) is 10.3. The molecular formula is C10H13NO. The molecule has 0 heterocycles. The van der Waals surface area contributed by atoms with Gasteiger partial charge < -0.3 is 10.1 Å². The smallest absolute Gasteiger partial charge is 0.124 e. The highest BCUT2D eigenvalue weighted by molar-refractivity contribution is 5.63. The van der Waals surface area contributed by atoms with Crippen LogP contribution in [-0.4, -0.2) is 13.3 Å². The van der Waals surface area contributed by atoms with E-state index in [1.165, 1.54) is 5.56 Å². The molecule has 1 aromatic carbocycles. The molecule has 2 nitrogen and oxygen atoms in total. The second-order valence-corrected chi connectivity index (χ2v) is 2.78. The summed E-state index contributed by atoms with van der Waals surface area (Å²) in [7, 11) is 1.86. The SMILES string of the molecule is CNc1cc(C)ccc1CC=O. The van der Waals surface area contributed by atoms with E-state index in [9.17, 15) is 4.79 Å². The minimum absolute atomic E-state index is 0.483. The molecule has 0 radical (unpaired) electrons. The average Bonchev–Trinajstić information content (AvgIpc) is 2.08. The monoisotopic (exact) mass is 163 g/mol. The van der Waals surface area contributed by atoms with E-state index in [2.05, 4.69) is 5.32 Å². The first-order valence-electron chi connectivity index (χ1n) is 3.99. The maximum Gasteiger partial charge on any atom is 0.124 e. The van der Waals surface area contributed by atoms with Crippen LogP contribution in [0.4, 0.5) is 5.69 Å². The Morgan fingerprint density at radius 3 is 2.83 bits per heavy atom. The van der Waals surface area contributed by atoms with Gasteiger partial charge in [0.05, 0.1) is 0 Å². The average molecular weight is 163 g/mol. The van der Waals surface area contributed by atoms with E-state index in [4.69, 9.17) is 0 Å². The number of hydrogen-bond donors (Lipinski definition) is 1. The van der Waals surface area contributed by atoms with Crippen molar-refractivity contribution in [2.24, 2.45) is 0 Å². The lowest BCUT2D eigenvalue weighted by atomic mass is 10.1. The number of carbonyl (C=O) groups is 1. The zero-order valence-corrected chi connectivity index (χ0v) is 7.42. The van der Waals surface area contributed by atoms with E-state index in [0.29, 0.717) is 6.42 Å². The van der Waals surface area contributed by atoms with Gasteiger partial charge in [-0.2, -0.15) is 0 Å². The molecule has 0 bridgehead atoms. The van der Waals surface area contributed by atoms with E-state index in [1.54, 1.807) is 0 Å². The molecular weight excluding hydrogens is 150 g/mol. The Bertz CT molecular complexity index is 281. The van der Waals surface area contributed by atoms with Gasteiger partial charge >= 0.3 is 0 Å². The Labute approximate surface area is 72.6 Å². The van der Waals surface area contributed by atoms with Gasteiger partial charge in [0.15, 0.2) is 0 Å². The van der Waals surface area contributed by atoms with Crippen LogP contribution in [-0.2, 0) is 11.2 Å². The summed E-state index contributed by atoms with van der Waals surface area (Å²) in [5.41, 5.74) is 3.30. The molecule has 64 valence electrons. The van der Waals surface area contributed by atoms with Crippen LogP contribution in [0, 0.1) is 6.92 Å². The molecule has 12 heavy (non-hydrogen) atoms. The van der Waals surface area contributed by atoms with Crippen molar-refractivity contribution in [2.75, 3.05) is 12.4 Å². The molecule has 0 amide bonds. The maximum atomic E-state index is 10.3. The molecule has 1 N–H and O–H groups in total. The highest BCUT2D eigenvalue weighted by Crippen LogP contribution is 2.16. The highest BCUT2D eigenvalue weighted by atomic mass is 16.1. The van der Waals surface area contributed by atoms with Crippen molar-refractivity contribution in [1.82, 2.24) is 0 Å². The van der Waals surface area contributed by atoms with Gasteiger partial charge in [-0.15, -0.1) is 0 Å². The Morgan fingerprint density at radius 1 is 1.50 bits per heavy atom. The lowest BCUT2D eigenvalue weighted by molar-refractivity contribution is -0.107. The fourth-order valence-corrected chi connectivity index (χ4v) is 1.19. The van der Waals surface area contributed by atoms with Crippen LogP contribution in [0.5, 0.6) is 0 Å². The van der Waals surface area contributed by atoms with Crippen LogP contribution in [0.2, 0.25) is 0 Å². The van der Waals surface area contributed by atoms with E-state index >= 15 is 0 Å². The Morgan fingerprint density at radius 2 is 2.25 bits per heavy atom. The van der Waals surface area contributed by atoms with Gasteiger partial charge in [-0.25, -0.2) is 0 Å². The number of anilines is 1. The lowest BCUT2D eigenvalue weighted by Gasteiger charge is -2.06. The maximum absolute atomic E-state index is 10.3. The third kappa shape index (κ3) is 1.84. The second-order valence-electron chi connectivity index (χ2n) is 2.78. The van der Waals surface area contributed by atoms with E-state index in [-0.39, 0.29) is 0 Å². The third-order valence-corrected chi connectivity index (χ3v) is 1.84. The van der Waals surface area contributed by atoms with Crippen LogP contribution < -0.4 is 5.32 Å². The molecule has 0 aliphatic heterocycles. The first-order valence-corrected chi connectivity index (χ1v) is 3.99. The molecule has 2 heteroatoms. The van der Waals surface area contributed by atoms with Gasteiger partial charge in [-0.3, -0.25) is 0 Å². The molecule has 0 unspecified atom stereocenters. The number of nitrogens with one attached hydrogen (secondary N) is 1. The number of benzene rings is 1. The number of carbonyl (C=O) groups excluding carboxylic acids is 1. The molecule has 0 fully saturated rings. The Balaban J connectivity index is 3.01. The van der Waals surface area contributed by atoms with Crippen molar-refractivity contribution >= 4 is 12.0 Å². The van der Waals surface area contributed by atoms with Gasteiger partial charge in [0.1, 0.15) is 6.29 Å². The predicted octanol–water partition coefficient (Wildman–Crippen LogP) is 1.78. The predicted molar refractivity (Wildman–Crippen MR) is 50.5 cm³/mol. The van der Waals surface area contributed by atoms with Crippen LogP contribution in [0.15, 0.2) is 18.2 Å². The number of aldehydes is 1. The van der Waals surface area contributed by atoms with Crippen LogP contribution >= 0.6 is 0 Å². The van der Waals surface area contributed by atoms with Gasteiger partial charge in [0.25, 0.3) is 0 Å². The van der Waals surface area contributed by atoms with Crippen LogP contribution in [0.3, 0.4) is 0 Å². The summed E-state index contributed by atoms with van der Waals surface area (Å²) in [6, 6.07) is 6.04. The molecule has 1 rings (SSSR count). The molecule has 1 aromatic rings. The fourth-order valence-electron chi connectivity index (χ4n) is 1.19. The number of aryl methyl sites for hydroxylation is 1. The Hall–Kier alpha value is -1.31. The molecule has 0 aliphatic rings. The van der Waals surface area contributed by atoms with Gasteiger partial charge in [-0.1, -0.05) is 12.1 Å².